The Bertz CT molecular complexity index is 372. The highest BCUT2D eigenvalue weighted by Gasteiger charge is 2.14. The third-order valence-corrected chi connectivity index (χ3v) is 3.24. The lowest BCUT2D eigenvalue weighted by Crippen LogP contribution is -1.94. The molecule has 0 heterocycles. The summed E-state index contributed by atoms with van der Waals surface area (Å²) in [5, 5.41) is 0. The van der Waals surface area contributed by atoms with Crippen LogP contribution in [0.2, 0.25) is 0 Å². The Labute approximate surface area is 78.5 Å². The maximum Gasteiger partial charge on any atom is 0.241 e. The average molecular weight is 251 g/mol. The summed E-state index contributed by atoms with van der Waals surface area (Å²) in [4.78, 5) is 0.146. The first-order valence-corrected chi connectivity index (χ1v) is 6.46. The van der Waals surface area contributed by atoms with E-state index in [4.69, 9.17) is 4.74 Å². The van der Waals surface area contributed by atoms with Crippen LogP contribution in [0.1, 0.15) is 0 Å². The third kappa shape index (κ3) is 1.98. The van der Waals surface area contributed by atoms with Crippen molar-refractivity contribution in [2.45, 2.75) is 4.90 Å². The standard InChI is InChI=1S/C7H7BrO3S/c1-11-6-4-2-3-5-7(6)12(8,9)10/h2-5H,1H3. The Balaban J connectivity index is 3.33. The second-order valence-electron chi connectivity index (χ2n) is 2.09. The monoisotopic (exact) mass is 250 g/mol. The molecule has 1 rings (SSSR count). The number of hydrogen-bond donors (Lipinski definition) is 0. The first kappa shape index (κ1) is 9.54. The van der Waals surface area contributed by atoms with Gasteiger partial charge in [0.1, 0.15) is 10.6 Å². The fourth-order valence-corrected chi connectivity index (χ4v) is 2.26. The van der Waals surface area contributed by atoms with Crippen LogP contribution in [0.15, 0.2) is 29.2 Å². The maximum atomic E-state index is 11.0. The summed E-state index contributed by atoms with van der Waals surface area (Å²) < 4.78 is 27.0. The number of ether oxygens (including phenoxy) is 1. The van der Waals surface area contributed by atoms with E-state index in [1.165, 1.54) is 13.2 Å². The molecule has 12 heavy (non-hydrogen) atoms. The van der Waals surface area contributed by atoms with E-state index in [9.17, 15) is 8.42 Å². The molecule has 0 spiro atoms. The first-order valence-electron chi connectivity index (χ1n) is 3.13. The van der Waals surface area contributed by atoms with Crippen molar-refractivity contribution in [2.75, 3.05) is 7.11 Å². The van der Waals surface area contributed by atoms with E-state index < -0.39 is 8.27 Å². The Kier molecular flexibility index (Phi) is 2.74. The van der Waals surface area contributed by atoms with E-state index >= 15 is 0 Å². The Morgan fingerprint density at radius 2 is 1.92 bits per heavy atom. The number of methoxy groups -OCH3 is 1. The minimum Gasteiger partial charge on any atom is -0.495 e. The third-order valence-electron chi connectivity index (χ3n) is 1.33. The number of hydrogen-bond acceptors (Lipinski definition) is 3. The molecule has 66 valence electrons. The van der Waals surface area contributed by atoms with Gasteiger partial charge >= 0.3 is 0 Å². The molecule has 5 heteroatoms. The second kappa shape index (κ2) is 3.45. The summed E-state index contributed by atoms with van der Waals surface area (Å²) in [7, 11) is -1.93. The molecule has 0 bridgehead atoms. The fraction of sp³-hybridized carbons (Fsp3) is 0.143. The van der Waals surface area contributed by atoms with E-state index in [1.54, 1.807) is 18.2 Å². The molecule has 1 aromatic carbocycles. The topological polar surface area (TPSA) is 43.4 Å². The van der Waals surface area contributed by atoms with E-state index in [2.05, 4.69) is 14.8 Å². The summed E-state index contributed by atoms with van der Waals surface area (Å²) in [5.74, 6) is 0.342. The quantitative estimate of drug-likeness (QED) is 0.752. The summed E-state index contributed by atoms with van der Waals surface area (Å²) in [5.41, 5.74) is 0. The van der Waals surface area contributed by atoms with Gasteiger partial charge in [0.25, 0.3) is 0 Å². The van der Waals surface area contributed by atoms with Crippen LogP contribution in [0.3, 0.4) is 0 Å². The van der Waals surface area contributed by atoms with Crippen molar-refractivity contribution in [1.82, 2.24) is 0 Å². The molecule has 1 aromatic rings. The lowest BCUT2D eigenvalue weighted by Gasteiger charge is -2.03. The number of rotatable bonds is 2. The summed E-state index contributed by atoms with van der Waals surface area (Å²) in [6.45, 7) is 0. The lowest BCUT2D eigenvalue weighted by atomic mass is 10.3. The van der Waals surface area contributed by atoms with Gasteiger partial charge < -0.3 is 4.74 Å². The zero-order valence-corrected chi connectivity index (χ0v) is 8.72. The molecule has 0 radical (unpaired) electrons. The molecule has 0 aliphatic rings. The average Bonchev–Trinajstić information content (AvgIpc) is 2.03. The molecule has 0 amide bonds. The van der Waals surface area contributed by atoms with Crippen LogP contribution >= 0.6 is 14.8 Å². The smallest absolute Gasteiger partial charge is 0.241 e. The SMILES string of the molecule is COc1ccccc1S(=O)(=O)Br. The maximum absolute atomic E-state index is 11.0. The molecular formula is C7H7BrO3S. The van der Waals surface area contributed by atoms with Crippen LogP contribution in [-0.2, 0) is 8.27 Å². The zero-order valence-electron chi connectivity index (χ0n) is 6.32. The molecule has 0 aliphatic carbocycles. The van der Waals surface area contributed by atoms with Crippen LogP contribution in [-0.4, -0.2) is 15.5 Å². The second-order valence-corrected chi connectivity index (χ2v) is 5.96. The number of benzene rings is 1. The van der Waals surface area contributed by atoms with Crippen LogP contribution in [0.4, 0.5) is 0 Å². The normalized spacial score (nSPS) is 11.2. The van der Waals surface area contributed by atoms with Gasteiger partial charge in [0.05, 0.1) is 21.9 Å². The van der Waals surface area contributed by atoms with Crippen molar-refractivity contribution in [3.05, 3.63) is 24.3 Å². The van der Waals surface area contributed by atoms with Crippen molar-refractivity contribution in [3.8, 4) is 5.75 Å². The highest BCUT2D eigenvalue weighted by molar-refractivity contribution is 9.47. The van der Waals surface area contributed by atoms with Gasteiger partial charge in [-0.15, -0.1) is 0 Å². The van der Waals surface area contributed by atoms with Gasteiger partial charge in [-0.05, 0) is 12.1 Å². The van der Waals surface area contributed by atoms with Crippen molar-refractivity contribution in [3.63, 3.8) is 0 Å². The van der Waals surface area contributed by atoms with Crippen LogP contribution in [0.25, 0.3) is 0 Å². The van der Waals surface area contributed by atoms with Crippen molar-refractivity contribution >= 4 is 23.1 Å². The molecule has 0 saturated heterocycles. The Morgan fingerprint density at radius 3 is 2.33 bits per heavy atom. The van der Waals surface area contributed by atoms with E-state index in [0.29, 0.717) is 5.75 Å². The van der Waals surface area contributed by atoms with Gasteiger partial charge in [0, 0.05) is 0 Å². The molecule has 0 fully saturated rings. The van der Waals surface area contributed by atoms with Gasteiger partial charge in [-0.25, -0.2) is 8.42 Å². The van der Waals surface area contributed by atoms with Gasteiger partial charge in [-0.1, -0.05) is 12.1 Å². The Morgan fingerprint density at radius 1 is 1.33 bits per heavy atom. The van der Waals surface area contributed by atoms with Gasteiger partial charge in [0.2, 0.25) is 8.27 Å². The van der Waals surface area contributed by atoms with E-state index in [0.717, 1.165) is 0 Å². The molecule has 0 saturated carbocycles. The molecule has 3 nitrogen and oxygen atoms in total. The molecule has 0 atom stereocenters. The predicted octanol–water partition coefficient (Wildman–Crippen LogP) is 1.78. The largest absolute Gasteiger partial charge is 0.495 e. The van der Waals surface area contributed by atoms with Crippen molar-refractivity contribution in [1.29, 1.82) is 0 Å². The van der Waals surface area contributed by atoms with Gasteiger partial charge in [-0.2, -0.15) is 0 Å². The molecule has 0 N–H and O–H groups in total. The molecule has 0 aromatic heterocycles. The van der Waals surface area contributed by atoms with E-state index in [1.807, 2.05) is 0 Å². The fourth-order valence-electron chi connectivity index (χ4n) is 0.820. The highest BCUT2D eigenvalue weighted by Crippen LogP contribution is 2.26. The molecule has 0 unspecified atom stereocenters. The molecule has 0 aliphatic heterocycles. The number of halogens is 1. The zero-order chi connectivity index (χ0) is 9.19. The van der Waals surface area contributed by atoms with Gasteiger partial charge in [-0.3, -0.25) is 0 Å². The summed E-state index contributed by atoms with van der Waals surface area (Å²) in [6.07, 6.45) is 0. The van der Waals surface area contributed by atoms with E-state index in [-0.39, 0.29) is 4.90 Å². The van der Waals surface area contributed by atoms with Crippen molar-refractivity contribution in [2.24, 2.45) is 0 Å². The van der Waals surface area contributed by atoms with Crippen LogP contribution in [0.5, 0.6) is 5.75 Å². The minimum atomic E-state index is -3.36. The lowest BCUT2D eigenvalue weighted by molar-refractivity contribution is 0.403. The minimum absolute atomic E-state index is 0.146. The first-order chi connectivity index (χ1) is 5.55. The van der Waals surface area contributed by atoms with Crippen molar-refractivity contribution < 1.29 is 13.2 Å². The van der Waals surface area contributed by atoms with Crippen LogP contribution < -0.4 is 4.74 Å². The summed E-state index contributed by atoms with van der Waals surface area (Å²) in [6, 6.07) is 6.41. The highest BCUT2D eigenvalue weighted by atomic mass is 79.9. The van der Waals surface area contributed by atoms with Gasteiger partial charge in [0.15, 0.2) is 0 Å². The predicted molar refractivity (Wildman–Crippen MR) is 49.1 cm³/mol. The Hall–Kier alpha value is -0.550. The number of para-hydroxylation sites is 1. The molecular weight excluding hydrogens is 244 g/mol. The van der Waals surface area contributed by atoms with Crippen LogP contribution in [0, 0.1) is 0 Å². The summed E-state index contributed by atoms with van der Waals surface area (Å²) >= 11 is 2.57.